The van der Waals surface area contributed by atoms with E-state index in [1.54, 1.807) is 19.4 Å². The zero-order chi connectivity index (χ0) is 17.6. The summed E-state index contributed by atoms with van der Waals surface area (Å²) in [7, 11) is 1.75. The van der Waals surface area contributed by atoms with Gasteiger partial charge in [0.15, 0.2) is 5.96 Å². The predicted octanol–water partition coefficient (Wildman–Crippen LogP) is 3.68. The molecule has 1 saturated heterocycles. The van der Waals surface area contributed by atoms with Gasteiger partial charge in [0.05, 0.1) is 11.3 Å². The fraction of sp³-hybridized carbons (Fsp3) is 0.389. The molecule has 3 rings (SSSR count). The molecular formula is C18H23ClFIN4O. The third kappa shape index (κ3) is 5.51. The molecule has 0 spiro atoms. The van der Waals surface area contributed by atoms with Crippen LogP contribution in [0.5, 0.6) is 0 Å². The zero-order valence-corrected chi connectivity index (χ0v) is 17.6. The molecule has 1 aromatic carbocycles. The van der Waals surface area contributed by atoms with Crippen molar-refractivity contribution in [2.75, 3.05) is 31.6 Å². The lowest BCUT2D eigenvalue weighted by Crippen LogP contribution is -2.45. The van der Waals surface area contributed by atoms with Crippen LogP contribution in [-0.2, 0) is 6.42 Å². The molecule has 1 aromatic heterocycles. The van der Waals surface area contributed by atoms with E-state index in [1.165, 1.54) is 6.07 Å². The van der Waals surface area contributed by atoms with Gasteiger partial charge in [0, 0.05) is 44.8 Å². The second-order valence-corrected chi connectivity index (χ2v) is 6.41. The highest BCUT2D eigenvalue weighted by molar-refractivity contribution is 14.0. The number of halogens is 3. The van der Waals surface area contributed by atoms with Gasteiger partial charge in [-0.1, -0.05) is 11.6 Å². The van der Waals surface area contributed by atoms with E-state index in [-0.39, 0.29) is 40.9 Å². The highest BCUT2D eigenvalue weighted by Gasteiger charge is 2.24. The number of hydrogen-bond acceptors (Lipinski definition) is 3. The van der Waals surface area contributed by atoms with Crippen LogP contribution in [0.4, 0.5) is 10.1 Å². The van der Waals surface area contributed by atoms with Crippen molar-refractivity contribution in [1.29, 1.82) is 0 Å². The highest BCUT2D eigenvalue weighted by Crippen LogP contribution is 2.24. The molecule has 0 bridgehead atoms. The molecule has 1 atom stereocenters. The van der Waals surface area contributed by atoms with Crippen molar-refractivity contribution in [3.05, 3.63) is 53.2 Å². The molecule has 142 valence electrons. The molecule has 5 nitrogen and oxygen atoms in total. The van der Waals surface area contributed by atoms with Gasteiger partial charge < -0.3 is 20.0 Å². The van der Waals surface area contributed by atoms with E-state index in [9.17, 15) is 4.39 Å². The number of rotatable bonds is 5. The van der Waals surface area contributed by atoms with E-state index in [2.05, 4.69) is 20.5 Å². The van der Waals surface area contributed by atoms with Crippen LogP contribution in [0, 0.1) is 5.82 Å². The average molecular weight is 493 g/mol. The molecule has 8 heteroatoms. The van der Waals surface area contributed by atoms with E-state index in [0.29, 0.717) is 0 Å². The number of aliphatic imine (C=N–C) groups is 1. The van der Waals surface area contributed by atoms with Gasteiger partial charge in [-0.15, -0.1) is 24.0 Å². The Morgan fingerprint density at radius 2 is 2.27 bits per heavy atom. The van der Waals surface area contributed by atoms with Gasteiger partial charge in [0.1, 0.15) is 11.6 Å². The largest absolute Gasteiger partial charge is 0.469 e. The summed E-state index contributed by atoms with van der Waals surface area (Å²) >= 11 is 5.75. The van der Waals surface area contributed by atoms with Crippen LogP contribution in [0.1, 0.15) is 12.2 Å². The molecule has 1 aliphatic heterocycles. The Balaban J connectivity index is 0.00000243. The lowest BCUT2D eigenvalue weighted by molar-refractivity contribution is 0.506. The number of guanidine groups is 1. The van der Waals surface area contributed by atoms with Crippen LogP contribution in [0.25, 0.3) is 0 Å². The number of nitrogens with zero attached hydrogens (tertiary/aromatic N) is 2. The minimum Gasteiger partial charge on any atom is -0.469 e. The first kappa shape index (κ1) is 20.8. The second kappa shape index (κ2) is 10.0. The number of furan rings is 1. The van der Waals surface area contributed by atoms with Crippen molar-refractivity contribution in [3.8, 4) is 0 Å². The Bertz CT molecular complexity index is 726. The van der Waals surface area contributed by atoms with Crippen LogP contribution >= 0.6 is 35.6 Å². The molecule has 0 aliphatic carbocycles. The summed E-state index contributed by atoms with van der Waals surface area (Å²) in [4.78, 5) is 6.41. The van der Waals surface area contributed by atoms with Crippen molar-refractivity contribution < 1.29 is 8.81 Å². The zero-order valence-electron chi connectivity index (χ0n) is 14.5. The maximum absolute atomic E-state index is 13.6. The van der Waals surface area contributed by atoms with E-state index in [0.717, 1.165) is 49.9 Å². The SMILES string of the molecule is CN=C(NCCc1ccco1)NC1CCN(c2ccc(Cl)c(F)c2)C1.I. The summed E-state index contributed by atoms with van der Waals surface area (Å²) in [5, 5.41) is 6.86. The maximum atomic E-state index is 13.6. The van der Waals surface area contributed by atoms with E-state index < -0.39 is 0 Å². The molecule has 1 unspecified atom stereocenters. The molecular weight excluding hydrogens is 470 g/mol. The minimum absolute atomic E-state index is 0. The Labute approximate surface area is 175 Å². The fourth-order valence-electron chi connectivity index (χ4n) is 2.94. The first-order chi connectivity index (χ1) is 12.2. The topological polar surface area (TPSA) is 52.8 Å². The molecule has 1 fully saturated rings. The van der Waals surface area contributed by atoms with Gasteiger partial charge in [-0.25, -0.2) is 4.39 Å². The summed E-state index contributed by atoms with van der Waals surface area (Å²) in [6.07, 6.45) is 3.44. The predicted molar refractivity (Wildman–Crippen MR) is 114 cm³/mol. The normalized spacial score (nSPS) is 17.1. The molecule has 0 saturated carbocycles. The standard InChI is InChI=1S/C18H22ClFN4O.HI/c1-21-18(22-8-6-15-3-2-10-25-15)23-13-7-9-24(12-13)14-4-5-16(19)17(20)11-14;/h2-5,10-11,13H,6-9,12H2,1H3,(H2,21,22,23);1H. The Morgan fingerprint density at radius 1 is 1.42 bits per heavy atom. The average Bonchev–Trinajstić information content (AvgIpc) is 3.28. The molecule has 1 aliphatic rings. The second-order valence-electron chi connectivity index (χ2n) is 6.00. The minimum atomic E-state index is -0.383. The van der Waals surface area contributed by atoms with Gasteiger partial charge >= 0.3 is 0 Å². The number of nitrogens with one attached hydrogen (secondary N) is 2. The Morgan fingerprint density at radius 3 is 2.96 bits per heavy atom. The summed E-state index contributed by atoms with van der Waals surface area (Å²) in [6.45, 7) is 2.40. The molecule has 0 radical (unpaired) electrons. The summed E-state index contributed by atoms with van der Waals surface area (Å²) in [5.74, 6) is 1.33. The molecule has 2 N–H and O–H groups in total. The van der Waals surface area contributed by atoms with E-state index in [4.69, 9.17) is 16.0 Å². The van der Waals surface area contributed by atoms with Crippen molar-refractivity contribution in [1.82, 2.24) is 10.6 Å². The first-order valence-corrected chi connectivity index (χ1v) is 8.73. The summed E-state index contributed by atoms with van der Waals surface area (Å²) in [5.41, 5.74) is 0.854. The summed E-state index contributed by atoms with van der Waals surface area (Å²) in [6, 6.07) is 9.04. The molecule has 26 heavy (non-hydrogen) atoms. The Kier molecular flexibility index (Phi) is 8.02. The monoisotopic (exact) mass is 492 g/mol. The van der Waals surface area contributed by atoms with Gasteiger partial charge in [-0.3, -0.25) is 4.99 Å². The highest BCUT2D eigenvalue weighted by atomic mass is 127. The molecule has 0 amide bonds. The quantitative estimate of drug-likeness (QED) is 0.380. The van der Waals surface area contributed by atoms with E-state index in [1.807, 2.05) is 18.2 Å². The van der Waals surface area contributed by atoms with Gasteiger partial charge in [0.25, 0.3) is 0 Å². The van der Waals surface area contributed by atoms with Gasteiger partial charge in [-0.05, 0) is 36.8 Å². The van der Waals surface area contributed by atoms with Crippen LogP contribution in [0.2, 0.25) is 5.02 Å². The first-order valence-electron chi connectivity index (χ1n) is 8.35. The maximum Gasteiger partial charge on any atom is 0.191 e. The molecule has 2 heterocycles. The van der Waals surface area contributed by atoms with Crippen LogP contribution < -0.4 is 15.5 Å². The number of hydrogen-bond donors (Lipinski definition) is 2. The van der Waals surface area contributed by atoms with Gasteiger partial charge in [0.2, 0.25) is 0 Å². The Hall–Kier alpha value is -1.48. The molecule has 2 aromatic rings. The van der Waals surface area contributed by atoms with Crippen LogP contribution in [-0.4, -0.2) is 38.7 Å². The van der Waals surface area contributed by atoms with Gasteiger partial charge in [-0.2, -0.15) is 0 Å². The van der Waals surface area contributed by atoms with Crippen LogP contribution in [0.3, 0.4) is 0 Å². The van der Waals surface area contributed by atoms with Crippen molar-refractivity contribution in [2.24, 2.45) is 4.99 Å². The number of benzene rings is 1. The van der Waals surface area contributed by atoms with Crippen molar-refractivity contribution in [2.45, 2.75) is 18.9 Å². The van der Waals surface area contributed by atoms with Crippen LogP contribution in [0.15, 0.2) is 46.0 Å². The lowest BCUT2D eigenvalue weighted by atomic mass is 10.2. The van der Waals surface area contributed by atoms with Crippen molar-refractivity contribution >= 4 is 47.2 Å². The number of anilines is 1. The lowest BCUT2D eigenvalue weighted by Gasteiger charge is -2.20. The van der Waals surface area contributed by atoms with Crippen molar-refractivity contribution in [3.63, 3.8) is 0 Å². The van der Waals surface area contributed by atoms with E-state index >= 15 is 0 Å². The smallest absolute Gasteiger partial charge is 0.191 e. The fourth-order valence-corrected chi connectivity index (χ4v) is 3.06. The third-order valence-corrected chi connectivity index (χ3v) is 4.57. The summed E-state index contributed by atoms with van der Waals surface area (Å²) < 4.78 is 19.0. The third-order valence-electron chi connectivity index (χ3n) is 4.26.